The minimum Gasteiger partial charge on any atom is -0.493 e. The number of hydrogen-bond acceptors (Lipinski definition) is 1. The molecule has 0 aliphatic rings. The Morgan fingerprint density at radius 1 is 0.708 bits per heavy atom. The number of unbranched alkanes of at least 4 members (excludes halogenated alkanes) is 4. The van der Waals surface area contributed by atoms with Crippen molar-refractivity contribution in [2.24, 2.45) is 0 Å². The summed E-state index contributed by atoms with van der Waals surface area (Å²) in [7, 11) is 0. The van der Waals surface area contributed by atoms with Gasteiger partial charge in [-0.1, -0.05) is 53.4 Å². The van der Waals surface area contributed by atoms with Crippen LogP contribution in [0.1, 0.15) is 101 Å². The molecule has 0 unspecified atom stereocenters. The summed E-state index contributed by atoms with van der Waals surface area (Å²) in [5, 5.41) is 0. The van der Waals surface area contributed by atoms with E-state index in [2.05, 4.69) is 40.7 Å². The van der Waals surface area contributed by atoms with E-state index in [1.165, 1.54) is 81.1 Å². The first kappa shape index (κ1) is 21.1. The molecule has 0 bridgehead atoms. The van der Waals surface area contributed by atoms with Crippen molar-refractivity contribution in [2.75, 3.05) is 6.61 Å². The molecule has 0 N–H and O–H groups in total. The third kappa shape index (κ3) is 6.49. The molecule has 0 aliphatic heterocycles. The Labute approximate surface area is 151 Å². The molecule has 138 valence electrons. The second-order valence-electron chi connectivity index (χ2n) is 7.13. The van der Waals surface area contributed by atoms with Crippen molar-refractivity contribution in [1.82, 2.24) is 0 Å². The van der Waals surface area contributed by atoms with Gasteiger partial charge in [0.05, 0.1) is 6.61 Å². The molecule has 0 fully saturated rings. The van der Waals surface area contributed by atoms with Crippen molar-refractivity contribution in [2.45, 2.75) is 105 Å². The Morgan fingerprint density at radius 3 is 1.83 bits per heavy atom. The van der Waals surface area contributed by atoms with Crippen molar-refractivity contribution in [3.05, 3.63) is 28.3 Å². The number of rotatable bonds is 13. The van der Waals surface area contributed by atoms with Gasteiger partial charge in [-0.3, -0.25) is 0 Å². The van der Waals surface area contributed by atoms with Gasteiger partial charge in [0.1, 0.15) is 5.75 Å². The molecule has 0 amide bonds. The molecule has 24 heavy (non-hydrogen) atoms. The second-order valence-corrected chi connectivity index (χ2v) is 7.13. The van der Waals surface area contributed by atoms with Crippen LogP contribution in [0.2, 0.25) is 0 Å². The molecule has 0 saturated heterocycles. The maximum Gasteiger partial charge on any atom is 0.123 e. The summed E-state index contributed by atoms with van der Waals surface area (Å²) < 4.78 is 6.27. The van der Waals surface area contributed by atoms with Gasteiger partial charge in [-0.2, -0.15) is 0 Å². The first-order valence-corrected chi connectivity index (χ1v) is 10.5. The Balaban J connectivity index is 3.21. The maximum atomic E-state index is 6.27. The van der Waals surface area contributed by atoms with Gasteiger partial charge in [0, 0.05) is 0 Å². The van der Waals surface area contributed by atoms with Crippen molar-refractivity contribution in [1.29, 1.82) is 0 Å². The van der Waals surface area contributed by atoms with Gasteiger partial charge in [-0.25, -0.2) is 0 Å². The molecule has 0 radical (unpaired) electrons. The zero-order valence-electron chi connectivity index (χ0n) is 17.0. The van der Waals surface area contributed by atoms with Crippen molar-refractivity contribution in [3.63, 3.8) is 0 Å². The molecule has 1 aromatic rings. The summed E-state index contributed by atoms with van der Waals surface area (Å²) in [6, 6.07) is 2.38. The summed E-state index contributed by atoms with van der Waals surface area (Å²) in [6.07, 6.45) is 13.5. The van der Waals surface area contributed by atoms with Gasteiger partial charge in [-0.15, -0.1) is 0 Å². The van der Waals surface area contributed by atoms with Gasteiger partial charge >= 0.3 is 0 Å². The van der Waals surface area contributed by atoms with Gasteiger partial charge in [0.25, 0.3) is 0 Å². The summed E-state index contributed by atoms with van der Waals surface area (Å²) in [6.45, 7) is 12.3. The number of benzene rings is 1. The highest BCUT2D eigenvalue weighted by atomic mass is 16.5. The molecule has 1 heteroatoms. The summed E-state index contributed by atoms with van der Waals surface area (Å²) in [5.41, 5.74) is 6.19. The van der Waals surface area contributed by atoms with Crippen LogP contribution in [0.15, 0.2) is 6.07 Å². The van der Waals surface area contributed by atoms with Gasteiger partial charge < -0.3 is 4.74 Å². The van der Waals surface area contributed by atoms with Crippen LogP contribution < -0.4 is 4.74 Å². The standard InChI is InChI=1S/C23H40O/c1-6-10-14-20-18-23(24-17-13-9-4)22(16-12-8-3)21(19(20)5)15-11-7-2/h18H,6-17H2,1-5H3. The monoisotopic (exact) mass is 332 g/mol. The molecule has 1 aromatic carbocycles. The summed E-state index contributed by atoms with van der Waals surface area (Å²) in [4.78, 5) is 0. The van der Waals surface area contributed by atoms with Crippen molar-refractivity contribution < 1.29 is 4.74 Å². The molecule has 0 atom stereocenters. The zero-order chi connectivity index (χ0) is 17.8. The van der Waals surface area contributed by atoms with E-state index in [0.717, 1.165) is 13.0 Å². The molecule has 1 nitrogen and oxygen atoms in total. The molecule has 0 aliphatic carbocycles. The lowest BCUT2D eigenvalue weighted by Crippen LogP contribution is -2.08. The lowest BCUT2D eigenvalue weighted by atomic mass is 9.88. The third-order valence-electron chi connectivity index (χ3n) is 5.02. The van der Waals surface area contributed by atoms with Crippen LogP contribution in [0.3, 0.4) is 0 Å². The fourth-order valence-electron chi connectivity index (χ4n) is 3.32. The predicted molar refractivity (Wildman–Crippen MR) is 107 cm³/mol. The maximum absolute atomic E-state index is 6.27. The van der Waals surface area contributed by atoms with Crippen LogP contribution in [0, 0.1) is 6.92 Å². The first-order valence-electron chi connectivity index (χ1n) is 10.5. The highest BCUT2D eigenvalue weighted by Gasteiger charge is 2.16. The van der Waals surface area contributed by atoms with Gasteiger partial charge in [-0.05, 0) is 80.2 Å². The normalized spacial score (nSPS) is 11.0. The Morgan fingerprint density at radius 2 is 1.25 bits per heavy atom. The van der Waals surface area contributed by atoms with E-state index in [9.17, 15) is 0 Å². The molecule has 0 saturated carbocycles. The summed E-state index contributed by atoms with van der Waals surface area (Å²) >= 11 is 0. The van der Waals surface area contributed by atoms with Crippen LogP contribution in [0.25, 0.3) is 0 Å². The van der Waals surface area contributed by atoms with E-state index < -0.39 is 0 Å². The van der Waals surface area contributed by atoms with Crippen molar-refractivity contribution in [3.8, 4) is 5.75 Å². The number of ether oxygens (including phenoxy) is 1. The summed E-state index contributed by atoms with van der Waals surface area (Å²) in [5.74, 6) is 1.19. The van der Waals surface area contributed by atoms with Crippen molar-refractivity contribution >= 4 is 0 Å². The average Bonchev–Trinajstić information content (AvgIpc) is 2.59. The number of aryl methyl sites for hydroxylation is 1. The highest BCUT2D eigenvalue weighted by Crippen LogP contribution is 2.32. The SMILES string of the molecule is CCCCOc1cc(CCCC)c(C)c(CCCC)c1CCCC. The van der Waals surface area contributed by atoms with Crippen LogP contribution >= 0.6 is 0 Å². The Hall–Kier alpha value is -0.980. The number of hydrogen-bond donors (Lipinski definition) is 0. The van der Waals surface area contributed by atoms with Gasteiger partial charge in [0.2, 0.25) is 0 Å². The van der Waals surface area contributed by atoms with Crippen LogP contribution in [0.5, 0.6) is 5.75 Å². The van der Waals surface area contributed by atoms with E-state index in [-0.39, 0.29) is 0 Å². The fraction of sp³-hybridized carbons (Fsp3) is 0.739. The minimum atomic E-state index is 0.860. The van der Waals surface area contributed by atoms with Crippen LogP contribution in [-0.2, 0) is 19.3 Å². The van der Waals surface area contributed by atoms with Crippen LogP contribution in [-0.4, -0.2) is 6.61 Å². The van der Waals surface area contributed by atoms with E-state index >= 15 is 0 Å². The largest absolute Gasteiger partial charge is 0.493 e. The van der Waals surface area contributed by atoms with E-state index in [0.29, 0.717) is 0 Å². The lowest BCUT2D eigenvalue weighted by Gasteiger charge is -2.21. The topological polar surface area (TPSA) is 9.23 Å². The quantitative estimate of drug-likeness (QED) is 0.347. The van der Waals surface area contributed by atoms with E-state index in [1.54, 1.807) is 11.1 Å². The first-order chi connectivity index (χ1) is 11.7. The molecule has 0 heterocycles. The van der Waals surface area contributed by atoms with E-state index in [4.69, 9.17) is 4.74 Å². The Kier molecular flexibility index (Phi) is 10.9. The molecular formula is C23H40O. The molecule has 0 aromatic heterocycles. The zero-order valence-corrected chi connectivity index (χ0v) is 17.0. The third-order valence-corrected chi connectivity index (χ3v) is 5.02. The van der Waals surface area contributed by atoms with E-state index in [1.807, 2.05) is 0 Å². The minimum absolute atomic E-state index is 0.860. The second kappa shape index (κ2) is 12.4. The van der Waals surface area contributed by atoms with Crippen LogP contribution in [0.4, 0.5) is 0 Å². The molecule has 1 rings (SSSR count). The highest BCUT2D eigenvalue weighted by molar-refractivity contribution is 5.49. The molecular weight excluding hydrogens is 292 g/mol. The lowest BCUT2D eigenvalue weighted by molar-refractivity contribution is 0.305. The smallest absolute Gasteiger partial charge is 0.123 e. The Bertz CT molecular complexity index is 462. The van der Waals surface area contributed by atoms with Gasteiger partial charge in [0.15, 0.2) is 0 Å². The fourth-order valence-corrected chi connectivity index (χ4v) is 3.32. The predicted octanol–water partition coefficient (Wildman–Crippen LogP) is 7.20. The average molecular weight is 333 g/mol. The molecule has 0 spiro atoms.